The SMILES string of the molecule is Oc1ccc(-c2cccc3[nH]c4ccccc4c23)cc1. The molecule has 0 radical (unpaired) electrons. The number of hydrogen-bond acceptors (Lipinski definition) is 1. The summed E-state index contributed by atoms with van der Waals surface area (Å²) >= 11 is 0. The molecule has 0 aliphatic carbocycles. The zero-order valence-corrected chi connectivity index (χ0v) is 10.8. The van der Waals surface area contributed by atoms with Crippen LogP contribution in [0.5, 0.6) is 5.75 Å². The van der Waals surface area contributed by atoms with Crippen LogP contribution in [0.3, 0.4) is 0 Å². The van der Waals surface area contributed by atoms with Crippen molar-refractivity contribution in [2.24, 2.45) is 0 Å². The largest absolute Gasteiger partial charge is 0.508 e. The van der Waals surface area contributed by atoms with Gasteiger partial charge in [0.25, 0.3) is 0 Å². The molecule has 1 heterocycles. The van der Waals surface area contributed by atoms with E-state index in [4.69, 9.17) is 0 Å². The fourth-order valence-corrected chi connectivity index (χ4v) is 2.78. The number of aromatic amines is 1. The molecule has 2 heteroatoms. The molecule has 2 nitrogen and oxygen atoms in total. The molecule has 0 fully saturated rings. The number of para-hydroxylation sites is 1. The van der Waals surface area contributed by atoms with Crippen LogP contribution in [0, 0.1) is 0 Å². The normalized spacial score (nSPS) is 11.2. The maximum Gasteiger partial charge on any atom is 0.115 e. The minimum atomic E-state index is 0.292. The molecule has 0 saturated carbocycles. The zero-order chi connectivity index (χ0) is 13.5. The molecule has 0 bridgehead atoms. The van der Waals surface area contributed by atoms with Gasteiger partial charge in [-0.3, -0.25) is 0 Å². The third kappa shape index (κ3) is 1.58. The van der Waals surface area contributed by atoms with Gasteiger partial charge in [0.1, 0.15) is 5.75 Å². The van der Waals surface area contributed by atoms with Gasteiger partial charge in [0.2, 0.25) is 0 Å². The molecule has 20 heavy (non-hydrogen) atoms. The van der Waals surface area contributed by atoms with Crippen LogP contribution in [0.25, 0.3) is 32.9 Å². The van der Waals surface area contributed by atoms with Crippen LogP contribution in [0.4, 0.5) is 0 Å². The van der Waals surface area contributed by atoms with Crippen molar-refractivity contribution in [1.82, 2.24) is 4.98 Å². The maximum absolute atomic E-state index is 9.44. The molecule has 0 spiro atoms. The van der Waals surface area contributed by atoms with Crippen molar-refractivity contribution in [3.63, 3.8) is 0 Å². The Morgan fingerprint density at radius 2 is 1.45 bits per heavy atom. The van der Waals surface area contributed by atoms with E-state index in [9.17, 15) is 5.11 Å². The molecule has 0 atom stereocenters. The molecule has 4 rings (SSSR count). The summed E-state index contributed by atoms with van der Waals surface area (Å²) in [5, 5.41) is 11.9. The van der Waals surface area contributed by atoms with E-state index in [1.165, 1.54) is 16.3 Å². The number of rotatable bonds is 1. The Hall–Kier alpha value is -2.74. The van der Waals surface area contributed by atoms with E-state index in [0.29, 0.717) is 5.75 Å². The highest BCUT2D eigenvalue weighted by atomic mass is 16.3. The van der Waals surface area contributed by atoms with Gasteiger partial charge in [-0.25, -0.2) is 0 Å². The van der Waals surface area contributed by atoms with Gasteiger partial charge in [-0.15, -0.1) is 0 Å². The molecular formula is C18H13NO. The zero-order valence-electron chi connectivity index (χ0n) is 10.8. The molecule has 4 aromatic rings. The minimum Gasteiger partial charge on any atom is -0.508 e. The van der Waals surface area contributed by atoms with E-state index < -0.39 is 0 Å². The summed E-state index contributed by atoms with van der Waals surface area (Å²) in [6.07, 6.45) is 0. The molecule has 0 unspecified atom stereocenters. The van der Waals surface area contributed by atoms with Gasteiger partial charge in [-0.1, -0.05) is 42.5 Å². The average molecular weight is 259 g/mol. The summed E-state index contributed by atoms with van der Waals surface area (Å²) in [7, 11) is 0. The van der Waals surface area contributed by atoms with Crippen LogP contribution in [-0.2, 0) is 0 Å². The quantitative estimate of drug-likeness (QED) is 0.511. The fraction of sp³-hybridized carbons (Fsp3) is 0. The first-order valence-electron chi connectivity index (χ1n) is 6.62. The van der Waals surface area contributed by atoms with E-state index in [2.05, 4.69) is 41.4 Å². The molecule has 0 aliphatic heterocycles. The monoisotopic (exact) mass is 259 g/mol. The smallest absolute Gasteiger partial charge is 0.115 e. The first-order valence-corrected chi connectivity index (χ1v) is 6.62. The molecule has 1 aromatic heterocycles. The highest BCUT2D eigenvalue weighted by Crippen LogP contribution is 2.34. The number of phenolic OH excluding ortho intramolecular Hbond substituents is 1. The Morgan fingerprint density at radius 1 is 0.700 bits per heavy atom. The molecule has 0 amide bonds. The van der Waals surface area contributed by atoms with E-state index in [1.807, 2.05) is 18.2 Å². The third-order valence-corrected chi connectivity index (χ3v) is 3.71. The van der Waals surface area contributed by atoms with Crippen molar-refractivity contribution in [3.05, 3.63) is 66.7 Å². The predicted molar refractivity (Wildman–Crippen MR) is 82.9 cm³/mol. The van der Waals surface area contributed by atoms with Gasteiger partial charge < -0.3 is 10.1 Å². The number of phenols is 1. The van der Waals surface area contributed by atoms with Crippen molar-refractivity contribution in [2.75, 3.05) is 0 Å². The maximum atomic E-state index is 9.44. The predicted octanol–water partition coefficient (Wildman–Crippen LogP) is 4.69. The standard InChI is InChI=1S/C18H13NO/c20-13-10-8-12(9-11-13)14-5-3-7-17-18(14)15-4-1-2-6-16(15)19-17/h1-11,19-20H. The van der Waals surface area contributed by atoms with Crippen LogP contribution in [0.1, 0.15) is 0 Å². The molecule has 3 aromatic carbocycles. The fourth-order valence-electron chi connectivity index (χ4n) is 2.78. The van der Waals surface area contributed by atoms with Crippen molar-refractivity contribution >= 4 is 21.8 Å². The summed E-state index contributed by atoms with van der Waals surface area (Å²) in [5.74, 6) is 0.292. The van der Waals surface area contributed by atoms with Crippen LogP contribution in [0.2, 0.25) is 0 Å². The minimum absolute atomic E-state index is 0.292. The number of H-pyrrole nitrogens is 1. The first kappa shape index (κ1) is 11.1. The number of hydrogen-bond donors (Lipinski definition) is 2. The molecular weight excluding hydrogens is 246 g/mol. The number of benzene rings is 3. The number of aromatic hydroxyl groups is 1. The summed E-state index contributed by atoms with van der Waals surface area (Å²) in [6.45, 7) is 0. The van der Waals surface area contributed by atoms with Gasteiger partial charge >= 0.3 is 0 Å². The van der Waals surface area contributed by atoms with E-state index >= 15 is 0 Å². The Morgan fingerprint density at radius 3 is 2.30 bits per heavy atom. The Labute approximate surface area is 116 Å². The average Bonchev–Trinajstić information content (AvgIpc) is 2.86. The topological polar surface area (TPSA) is 36.0 Å². The van der Waals surface area contributed by atoms with Gasteiger partial charge in [0.15, 0.2) is 0 Å². The molecule has 0 saturated heterocycles. The summed E-state index contributed by atoms with van der Waals surface area (Å²) < 4.78 is 0. The number of nitrogens with one attached hydrogen (secondary N) is 1. The highest BCUT2D eigenvalue weighted by molar-refractivity contribution is 6.14. The van der Waals surface area contributed by atoms with Gasteiger partial charge in [0, 0.05) is 21.8 Å². The van der Waals surface area contributed by atoms with E-state index in [0.717, 1.165) is 16.6 Å². The molecule has 0 aliphatic rings. The van der Waals surface area contributed by atoms with Crippen molar-refractivity contribution in [3.8, 4) is 16.9 Å². The Bertz CT molecular complexity index is 904. The second kappa shape index (κ2) is 4.14. The van der Waals surface area contributed by atoms with Crippen molar-refractivity contribution in [1.29, 1.82) is 0 Å². The number of aromatic nitrogens is 1. The van der Waals surface area contributed by atoms with E-state index in [-0.39, 0.29) is 0 Å². The lowest BCUT2D eigenvalue weighted by Crippen LogP contribution is -1.79. The van der Waals surface area contributed by atoms with Crippen molar-refractivity contribution in [2.45, 2.75) is 0 Å². The lowest BCUT2D eigenvalue weighted by atomic mass is 9.99. The summed E-state index contributed by atoms with van der Waals surface area (Å²) in [6, 6.07) is 22.0. The Balaban J connectivity index is 2.11. The van der Waals surface area contributed by atoms with Gasteiger partial charge in [-0.2, -0.15) is 0 Å². The van der Waals surface area contributed by atoms with Gasteiger partial charge in [0.05, 0.1) is 0 Å². The lowest BCUT2D eigenvalue weighted by molar-refractivity contribution is 0.475. The van der Waals surface area contributed by atoms with Crippen LogP contribution in [0.15, 0.2) is 66.7 Å². The second-order valence-corrected chi connectivity index (χ2v) is 4.95. The lowest BCUT2D eigenvalue weighted by Gasteiger charge is -2.04. The van der Waals surface area contributed by atoms with Crippen LogP contribution < -0.4 is 0 Å². The highest BCUT2D eigenvalue weighted by Gasteiger charge is 2.09. The molecule has 96 valence electrons. The third-order valence-electron chi connectivity index (χ3n) is 3.71. The van der Waals surface area contributed by atoms with Gasteiger partial charge in [-0.05, 0) is 35.4 Å². The Kier molecular flexibility index (Phi) is 2.30. The number of fused-ring (bicyclic) bond motifs is 3. The van der Waals surface area contributed by atoms with Crippen molar-refractivity contribution < 1.29 is 5.11 Å². The second-order valence-electron chi connectivity index (χ2n) is 4.95. The first-order chi connectivity index (χ1) is 9.83. The molecule has 2 N–H and O–H groups in total. The van der Waals surface area contributed by atoms with Crippen LogP contribution in [-0.4, -0.2) is 10.1 Å². The summed E-state index contributed by atoms with van der Waals surface area (Å²) in [4.78, 5) is 3.45. The van der Waals surface area contributed by atoms with E-state index in [1.54, 1.807) is 12.1 Å². The van der Waals surface area contributed by atoms with Crippen LogP contribution >= 0.6 is 0 Å². The summed E-state index contributed by atoms with van der Waals surface area (Å²) in [5.41, 5.74) is 4.57.